The van der Waals surface area contributed by atoms with Gasteiger partial charge in [-0.2, -0.15) is 0 Å². The molecule has 8 nitrogen and oxygen atoms in total. The fraction of sp³-hybridized carbons (Fsp3) is 0.242. The lowest BCUT2D eigenvalue weighted by molar-refractivity contribution is -0.138. The van der Waals surface area contributed by atoms with Crippen LogP contribution in [-0.4, -0.2) is 39.8 Å². The lowest BCUT2D eigenvalue weighted by atomic mass is 10.1. The van der Waals surface area contributed by atoms with Crippen LogP contribution in [0.5, 0.6) is 5.75 Å². The minimum Gasteiger partial charge on any atom is -0.506 e. The summed E-state index contributed by atoms with van der Waals surface area (Å²) in [5, 5.41) is 17.6. The number of thioether (sulfide) groups is 1. The van der Waals surface area contributed by atoms with E-state index in [9.17, 15) is 14.7 Å². The molecule has 43 heavy (non-hydrogen) atoms. The van der Waals surface area contributed by atoms with Crippen LogP contribution < -0.4 is 10.1 Å². The van der Waals surface area contributed by atoms with Crippen molar-refractivity contribution in [2.24, 2.45) is 4.99 Å². The summed E-state index contributed by atoms with van der Waals surface area (Å²) >= 11 is 2.80. The molecule has 10 heteroatoms. The number of para-hydroxylation sites is 1. The summed E-state index contributed by atoms with van der Waals surface area (Å²) in [7, 11) is 0. The fourth-order valence-corrected chi connectivity index (χ4v) is 6.50. The number of aromatic nitrogens is 1. The number of fused-ring (bicyclic) bond motifs is 1. The number of ether oxygens (including phenoxy) is 2. The van der Waals surface area contributed by atoms with Crippen molar-refractivity contribution in [1.29, 1.82) is 0 Å². The molecular formula is C33H33N3O5S2. The first-order chi connectivity index (χ1) is 20.9. The second kappa shape index (κ2) is 13.8. The Kier molecular flexibility index (Phi) is 9.68. The maximum absolute atomic E-state index is 12.9. The van der Waals surface area contributed by atoms with Crippen molar-refractivity contribution in [1.82, 2.24) is 9.88 Å². The topological polar surface area (TPSA) is 102 Å². The van der Waals surface area contributed by atoms with Crippen LogP contribution in [0, 0.1) is 0 Å². The number of aliphatic hydroxyl groups excluding tert-OH is 1. The van der Waals surface area contributed by atoms with Gasteiger partial charge in [-0.25, -0.2) is 9.79 Å². The monoisotopic (exact) mass is 615 g/mol. The number of benzene rings is 2. The van der Waals surface area contributed by atoms with E-state index in [1.165, 1.54) is 11.8 Å². The summed E-state index contributed by atoms with van der Waals surface area (Å²) in [6, 6.07) is 17.2. The van der Waals surface area contributed by atoms with Crippen molar-refractivity contribution >= 4 is 62.7 Å². The highest BCUT2D eigenvalue weighted by molar-refractivity contribution is 8.18. The molecule has 0 atom stereocenters. The van der Waals surface area contributed by atoms with E-state index in [2.05, 4.69) is 23.3 Å². The molecular weight excluding hydrogens is 583 g/mol. The van der Waals surface area contributed by atoms with Crippen LogP contribution in [0.25, 0.3) is 17.0 Å². The van der Waals surface area contributed by atoms with Gasteiger partial charge in [-0.3, -0.25) is 4.79 Å². The number of hydrogen-bond acceptors (Lipinski definition) is 8. The minimum absolute atomic E-state index is 0.0259. The lowest BCUT2D eigenvalue weighted by Gasteiger charge is -2.09. The van der Waals surface area contributed by atoms with Crippen molar-refractivity contribution in [3.05, 3.63) is 98.4 Å². The summed E-state index contributed by atoms with van der Waals surface area (Å²) in [5.74, 6) is -0.200. The van der Waals surface area contributed by atoms with Gasteiger partial charge in [0.05, 0.1) is 35.9 Å². The number of hydrogen-bond donors (Lipinski definition) is 2. The molecule has 2 aromatic heterocycles. The molecule has 0 saturated carbocycles. The van der Waals surface area contributed by atoms with Crippen molar-refractivity contribution in [3.63, 3.8) is 0 Å². The number of aliphatic imine (C=N–C) groups is 1. The molecule has 4 aromatic rings. The highest BCUT2D eigenvalue weighted by atomic mass is 32.2. The predicted octanol–water partition coefficient (Wildman–Crippen LogP) is 7.17. The molecule has 1 aliphatic heterocycles. The normalized spacial score (nSPS) is 15.0. The first-order valence-electron chi connectivity index (χ1n) is 14.1. The van der Waals surface area contributed by atoms with Crippen LogP contribution in [0.2, 0.25) is 0 Å². The van der Waals surface area contributed by atoms with Crippen molar-refractivity contribution in [3.8, 4) is 5.75 Å². The van der Waals surface area contributed by atoms with Gasteiger partial charge in [0, 0.05) is 22.0 Å². The maximum Gasteiger partial charge on any atom is 0.344 e. The molecule has 1 amide bonds. The Hall–Kier alpha value is -4.28. The Labute approximate surface area is 258 Å². The zero-order chi connectivity index (χ0) is 30.3. The Bertz CT molecular complexity index is 1720. The molecule has 1 aliphatic rings. The van der Waals surface area contributed by atoms with E-state index >= 15 is 0 Å². The molecule has 0 radical (unpaired) electrons. The molecule has 222 valence electrons. The van der Waals surface area contributed by atoms with E-state index in [0.29, 0.717) is 28.8 Å². The van der Waals surface area contributed by atoms with E-state index in [-0.39, 0.29) is 30.4 Å². The number of aryl methyl sites for hydroxylation is 1. The molecule has 0 bridgehead atoms. The fourth-order valence-electron chi connectivity index (χ4n) is 4.83. The first kappa shape index (κ1) is 30.2. The number of carbonyl (C=O) groups is 2. The molecule has 0 aliphatic carbocycles. The molecule has 0 unspecified atom stereocenters. The van der Waals surface area contributed by atoms with Crippen molar-refractivity contribution < 1.29 is 24.2 Å². The van der Waals surface area contributed by atoms with Gasteiger partial charge in [0.25, 0.3) is 0 Å². The Balaban J connectivity index is 1.50. The number of rotatable bonds is 11. The predicted molar refractivity (Wildman–Crippen MR) is 174 cm³/mol. The van der Waals surface area contributed by atoms with Gasteiger partial charge in [-0.05, 0) is 67.6 Å². The van der Waals surface area contributed by atoms with Gasteiger partial charge in [0.1, 0.15) is 28.7 Å². The third kappa shape index (κ3) is 6.87. The quantitative estimate of drug-likeness (QED) is 0.174. The third-order valence-corrected chi connectivity index (χ3v) is 8.68. The average molecular weight is 616 g/mol. The molecule has 2 aromatic carbocycles. The maximum atomic E-state index is 12.9. The van der Waals surface area contributed by atoms with Gasteiger partial charge in [-0.15, -0.1) is 11.3 Å². The molecule has 0 fully saturated rings. The van der Waals surface area contributed by atoms with Crippen LogP contribution >= 0.6 is 23.1 Å². The molecule has 0 spiro atoms. The number of thiophene rings is 1. The minimum atomic E-state index is -0.640. The summed E-state index contributed by atoms with van der Waals surface area (Å²) in [6.45, 7) is 7.06. The van der Waals surface area contributed by atoms with Gasteiger partial charge in [0.2, 0.25) is 5.91 Å². The third-order valence-electron chi connectivity index (χ3n) is 6.78. The summed E-state index contributed by atoms with van der Waals surface area (Å²) in [5.41, 5.74) is 3.52. The van der Waals surface area contributed by atoms with Crippen molar-refractivity contribution in [2.45, 2.75) is 40.3 Å². The number of nitrogens with zero attached hydrogens (tertiary/aromatic N) is 2. The van der Waals surface area contributed by atoms with E-state index < -0.39 is 5.97 Å². The number of aliphatic hydroxyl groups is 1. The second-order valence-electron chi connectivity index (χ2n) is 9.63. The summed E-state index contributed by atoms with van der Waals surface area (Å²) < 4.78 is 12.7. The van der Waals surface area contributed by atoms with E-state index in [4.69, 9.17) is 9.47 Å². The zero-order valence-corrected chi connectivity index (χ0v) is 25.9. The molecule has 2 N–H and O–H groups in total. The van der Waals surface area contributed by atoms with Gasteiger partial charge in [-0.1, -0.05) is 43.0 Å². The number of nitrogens with one attached hydrogen (secondary N) is 1. The first-order valence-corrected chi connectivity index (χ1v) is 15.8. The van der Waals surface area contributed by atoms with E-state index in [1.54, 1.807) is 30.4 Å². The van der Waals surface area contributed by atoms with E-state index in [1.807, 2.05) is 65.5 Å². The van der Waals surface area contributed by atoms with Crippen LogP contribution in [0.3, 0.4) is 0 Å². The summed E-state index contributed by atoms with van der Waals surface area (Å²) in [4.78, 5) is 32.1. The lowest BCUT2D eigenvalue weighted by Crippen LogP contribution is -2.26. The van der Waals surface area contributed by atoms with Crippen LogP contribution in [-0.2, 0) is 33.8 Å². The van der Waals surface area contributed by atoms with Gasteiger partial charge >= 0.3 is 5.97 Å². The Morgan fingerprint density at radius 3 is 2.56 bits per heavy atom. The SMILES string of the molecule is CCOC(=O)C1=C(O)/C(=C/c2cn(CC(=O)NCc3cccs3)c3c(CC)cccc23)SC1=Nc1ccc(OCC)cc1. The Morgan fingerprint density at radius 1 is 1.05 bits per heavy atom. The smallest absolute Gasteiger partial charge is 0.344 e. The Morgan fingerprint density at radius 2 is 1.86 bits per heavy atom. The van der Waals surface area contributed by atoms with Crippen LogP contribution in [0.1, 0.15) is 36.8 Å². The second-order valence-corrected chi connectivity index (χ2v) is 11.7. The molecule has 3 heterocycles. The van der Waals surface area contributed by atoms with Crippen molar-refractivity contribution in [2.75, 3.05) is 13.2 Å². The highest BCUT2D eigenvalue weighted by Crippen LogP contribution is 2.41. The largest absolute Gasteiger partial charge is 0.506 e. The average Bonchev–Trinajstić information content (AvgIpc) is 3.72. The highest BCUT2D eigenvalue weighted by Gasteiger charge is 2.33. The number of amides is 1. The van der Waals surface area contributed by atoms with Crippen LogP contribution in [0.15, 0.2) is 87.4 Å². The number of carbonyl (C=O) groups excluding carboxylic acids is 2. The van der Waals surface area contributed by atoms with E-state index in [0.717, 1.165) is 39.1 Å². The zero-order valence-electron chi connectivity index (χ0n) is 24.3. The summed E-state index contributed by atoms with van der Waals surface area (Å²) in [6.07, 6.45) is 4.54. The number of esters is 1. The standard InChI is InChI=1S/C33H33N3O5S2/c1-4-21-9-7-11-26-22(19-36(30(21)26)20-28(37)34-18-25-10-8-16-42-25)17-27-31(38)29(33(39)41-6-3)32(43-27)35-23-12-14-24(15-13-23)40-5-2/h7-17,19,38H,4-6,18,20H2,1-3H3,(H,34,37)/b27-17-,35-32?. The van der Waals surface area contributed by atoms with Crippen LogP contribution in [0.4, 0.5) is 5.69 Å². The van der Waals surface area contributed by atoms with Gasteiger partial charge < -0.3 is 24.5 Å². The van der Waals surface area contributed by atoms with Gasteiger partial charge in [0.15, 0.2) is 0 Å². The molecule has 0 saturated heterocycles. The molecule has 5 rings (SSSR count).